The van der Waals surface area contributed by atoms with E-state index in [1.165, 1.54) is 21.3 Å². The molecule has 1 aliphatic heterocycles. The highest BCUT2D eigenvalue weighted by atomic mass is 16.5. The number of amides is 2. The van der Waals surface area contributed by atoms with E-state index in [2.05, 4.69) is 5.32 Å². The van der Waals surface area contributed by atoms with Gasteiger partial charge in [0, 0.05) is 18.6 Å². The Kier molecular flexibility index (Phi) is 15.4. The minimum atomic E-state index is -0.782. The molecule has 0 aliphatic carbocycles. The van der Waals surface area contributed by atoms with E-state index in [0.29, 0.717) is 84.4 Å². The molecule has 0 unspecified atom stereocenters. The summed E-state index contributed by atoms with van der Waals surface area (Å²) in [4.78, 5) is 42.8. The number of methoxy groups -OCH3 is 5. The number of benzene rings is 3. The molecule has 55 heavy (non-hydrogen) atoms. The van der Waals surface area contributed by atoms with E-state index >= 15 is 0 Å². The quantitative estimate of drug-likeness (QED) is 0.143. The Morgan fingerprint density at radius 3 is 2.16 bits per heavy atom. The van der Waals surface area contributed by atoms with E-state index in [0.717, 1.165) is 18.4 Å². The van der Waals surface area contributed by atoms with E-state index < -0.39 is 29.6 Å². The Morgan fingerprint density at radius 1 is 0.855 bits per heavy atom. The molecule has 13 nitrogen and oxygen atoms in total. The van der Waals surface area contributed by atoms with Gasteiger partial charge in [0.1, 0.15) is 17.9 Å². The van der Waals surface area contributed by atoms with Gasteiger partial charge in [0.2, 0.25) is 11.7 Å². The minimum Gasteiger partial charge on any atom is -0.493 e. The maximum absolute atomic E-state index is 14.4. The van der Waals surface area contributed by atoms with Crippen LogP contribution in [0.25, 0.3) is 0 Å². The smallest absolute Gasteiger partial charge is 0.329 e. The second-order valence-electron chi connectivity index (χ2n) is 14.2. The third-order valence-corrected chi connectivity index (χ3v) is 9.60. The fourth-order valence-corrected chi connectivity index (χ4v) is 6.67. The first-order valence-corrected chi connectivity index (χ1v) is 18.7. The summed E-state index contributed by atoms with van der Waals surface area (Å²) >= 11 is 0. The molecule has 13 heteroatoms. The summed E-state index contributed by atoms with van der Waals surface area (Å²) in [6, 6.07) is 15.6. The van der Waals surface area contributed by atoms with Gasteiger partial charge in [0.15, 0.2) is 29.6 Å². The number of piperidine rings is 1. The van der Waals surface area contributed by atoms with E-state index in [1.54, 1.807) is 49.5 Å². The van der Waals surface area contributed by atoms with Gasteiger partial charge >= 0.3 is 5.97 Å². The molecule has 1 saturated heterocycles. The highest BCUT2D eigenvalue weighted by Gasteiger charge is 2.38. The van der Waals surface area contributed by atoms with Crippen LogP contribution in [0.5, 0.6) is 34.5 Å². The largest absolute Gasteiger partial charge is 0.493 e. The average Bonchev–Trinajstić information content (AvgIpc) is 3.20. The molecule has 3 aromatic rings. The number of nitrogens with zero attached hydrogens (tertiary/aromatic N) is 1. The maximum Gasteiger partial charge on any atom is 0.329 e. The summed E-state index contributed by atoms with van der Waals surface area (Å²) < 4.78 is 39.8. The van der Waals surface area contributed by atoms with Crippen LogP contribution in [0.1, 0.15) is 81.6 Å². The summed E-state index contributed by atoms with van der Waals surface area (Å²) in [6.45, 7) is 6.08. The fraction of sp³-hybridized carbons (Fsp3) is 0.500. The van der Waals surface area contributed by atoms with Crippen molar-refractivity contribution in [1.29, 1.82) is 0 Å². The summed E-state index contributed by atoms with van der Waals surface area (Å²) in [7, 11) is 7.75. The molecule has 1 fully saturated rings. The SMILES string of the molecule is CC[C@H](C(=O)N1CCCC[C@H]1C(=O)O[C@H](CCc1ccc(OC)c(OC)c1)c1cccc(OCC(=O)NCC(C)(C)N)c1)c1cc(OC)c(OC)c(OC)c1. The number of esters is 1. The molecule has 0 aromatic heterocycles. The van der Waals surface area contributed by atoms with Crippen LogP contribution in [-0.2, 0) is 25.5 Å². The fourth-order valence-electron chi connectivity index (χ4n) is 6.67. The Hall–Kier alpha value is -5.17. The molecule has 3 aromatic carbocycles. The van der Waals surface area contributed by atoms with Crippen molar-refractivity contribution < 1.29 is 47.5 Å². The van der Waals surface area contributed by atoms with Gasteiger partial charge in [0.05, 0.1) is 41.5 Å². The number of aryl methyl sites for hydroxylation is 1. The van der Waals surface area contributed by atoms with E-state index in [4.69, 9.17) is 38.9 Å². The Bertz CT molecular complexity index is 1730. The first-order valence-electron chi connectivity index (χ1n) is 18.7. The molecule has 0 spiro atoms. The Labute approximate surface area is 324 Å². The van der Waals surface area contributed by atoms with Crippen LogP contribution in [-0.4, -0.2) is 89.5 Å². The van der Waals surface area contributed by atoms with E-state index in [9.17, 15) is 14.4 Å². The van der Waals surface area contributed by atoms with Crippen LogP contribution in [0.2, 0.25) is 0 Å². The number of hydrogen-bond donors (Lipinski definition) is 2. The van der Waals surface area contributed by atoms with Gasteiger partial charge in [-0.15, -0.1) is 0 Å². The number of nitrogens with two attached hydrogens (primary N) is 1. The average molecular weight is 764 g/mol. The lowest BCUT2D eigenvalue weighted by Crippen LogP contribution is -2.50. The van der Waals surface area contributed by atoms with E-state index in [-0.39, 0.29) is 18.4 Å². The highest BCUT2D eigenvalue weighted by molar-refractivity contribution is 5.89. The predicted molar refractivity (Wildman–Crippen MR) is 208 cm³/mol. The van der Waals surface area contributed by atoms with Crippen molar-refractivity contribution in [2.75, 3.05) is 55.2 Å². The molecule has 2 amide bonds. The van der Waals surface area contributed by atoms with Crippen molar-refractivity contribution in [2.45, 2.75) is 82.9 Å². The molecular formula is C42H57N3O10. The lowest BCUT2D eigenvalue weighted by Gasteiger charge is -2.37. The van der Waals surface area contributed by atoms with Crippen LogP contribution < -0.4 is 39.5 Å². The van der Waals surface area contributed by atoms with Crippen LogP contribution in [0.4, 0.5) is 0 Å². The van der Waals surface area contributed by atoms with Gasteiger partial charge in [-0.05, 0) is 105 Å². The normalized spacial score (nSPS) is 15.3. The molecule has 300 valence electrons. The minimum absolute atomic E-state index is 0.174. The topological polar surface area (TPSA) is 157 Å². The number of ether oxygens (including phenoxy) is 7. The lowest BCUT2D eigenvalue weighted by atomic mass is 9.91. The molecule has 1 aliphatic rings. The number of carbonyl (C=O) groups excluding carboxylic acids is 3. The van der Waals surface area contributed by atoms with Gasteiger partial charge < -0.3 is 49.1 Å². The van der Waals surface area contributed by atoms with Crippen molar-refractivity contribution in [2.24, 2.45) is 5.73 Å². The van der Waals surface area contributed by atoms with Crippen LogP contribution in [0, 0.1) is 0 Å². The number of carbonyl (C=O) groups is 3. The van der Waals surface area contributed by atoms with Gasteiger partial charge in [-0.3, -0.25) is 9.59 Å². The zero-order valence-electron chi connectivity index (χ0n) is 33.4. The molecule has 4 rings (SSSR count). The maximum atomic E-state index is 14.4. The number of hydrogen-bond acceptors (Lipinski definition) is 11. The summed E-state index contributed by atoms with van der Waals surface area (Å²) in [5, 5.41) is 2.77. The molecular weight excluding hydrogens is 706 g/mol. The second-order valence-corrected chi connectivity index (χ2v) is 14.2. The molecule has 3 N–H and O–H groups in total. The van der Waals surface area contributed by atoms with Crippen molar-refractivity contribution in [3.63, 3.8) is 0 Å². The molecule has 0 bridgehead atoms. The molecule has 3 atom stereocenters. The summed E-state index contributed by atoms with van der Waals surface area (Å²) in [5.74, 6) is 1.44. The van der Waals surface area contributed by atoms with Gasteiger partial charge in [-0.1, -0.05) is 25.1 Å². The Morgan fingerprint density at radius 2 is 1.55 bits per heavy atom. The zero-order valence-corrected chi connectivity index (χ0v) is 33.4. The standard InChI is InChI=1S/C42H57N3O10/c1-9-31(29-23-36(51-6)39(53-8)37(24-29)52-7)40(47)45-20-11-10-15-32(45)41(48)55-33(18-16-27-17-19-34(49-4)35(21-27)50-5)28-13-12-14-30(22-28)54-25-38(46)44-26-42(2,3)43/h12-14,17,19,21-24,31-33H,9-11,15-16,18,20,25-26,43H2,1-8H3,(H,44,46)/t31-,32-,33+/m0/s1. The Balaban J connectivity index is 1.60. The third-order valence-electron chi connectivity index (χ3n) is 9.60. The summed E-state index contributed by atoms with van der Waals surface area (Å²) in [6.07, 6.45) is 2.74. The predicted octanol–water partition coefficient (Wildman–Crippen LogP) is 5.75. The zero-order chi connectivity index (χ0) is 40.1. The van der Waals surface area contributed by atoms with E-state index in [1.807, 2.05) is 45.0 Å². The first-order chi connectivity index (χ1) is 26.4. The summed E-state index contributed by atoms with van der Waals surface area (Å²) in [5.41, 5.74) is 7.78. The van der Waals surface area contributed by atoms with Gasteiger partial charge in [-0.2, -0.15) is 0 Å². The molecule has 0 saturated carbocycles. The van der Waals surface area contributed by atoms with Gasteiger partial charge in [-0.25, -0.2) is 4.79 Å². The number of nitrogens with one attached hydrogen (secondary N) is 1. The van der Waals surface area contributed by atoms with Crippen LogP contribution >= 0.6 is 0 Å². The van der Waals surface area contributed by atoms with Crippen molar-refractivity contribution >= 4 is 17.8 Å². The van der Waals surface area contributed by atoms with Crippen molar-refractivity contribution in [3.05, 3.63) is 71.3 Å². The second kappa shape index (κ2) is 19.9. The van der Waals surface area contributed by atoms with Crippen molar-refractivity contribution in [1.82, 2.24) is 10.2 Å². The van der Waals surface area contributed by atoms with Crippen LogP contribution in [0.15, 0.2) is 54.6 Å². The number of rotatable bonds is 19. The first kappa shape index (κ1) is 42.6. The number of likely N-dealkylation sites (tertiary alicyclic amines) is 1. The molecule has 1 heterocycles. The third kappa shape index (κ3) is 11.4. The highest BCUT2D eigenvalue weighted by Crippen LogP contribution is 2.41. The lowest BCUT2D eigenvalue weighted by molar-refractivity contribution is -0.162. The van der Waals surface area contributed by atoms with Gasteiger partial charge in [0.25, 0.3) is 5.91 Å². The molecule has 0 radical (unpaired) electrons. The van der Waals surface area contributed by atoms with Crippen molar-refractivity contribution in [3.8, 4) is 34.5 Å². The van der Waals surface area contributed by atoms with Crippen LogP contribution in [0.3, 0.4) is 0 Å². The monoisotopic (exact) mass is 763 g/mol.